The molecule has 17 heavy (non-hydrogen) atoms. The van der Waals surface area contributed by atoms with Crippen molar-refractivity contribution in [3.8, 4) is 11.4 Å². The largest absolute Gasteiger partial charge is 0.393 e. The van der Waals surface area contributed by atoms with Crippen molar-refractivity contribution in [2.45, 2.75) is 25.9 Å². The Morgan fingerprint density at radius 2 is 1.88 bits per heavy atom. The van der Waals surface area contributed by atoms with Gasteiger partial charge in [-0.2, -0.15) is 4.98 Å². The van der Waals surface area contributed by atoms with Gasteiger partial charge in [0.05, 0.1) is 12.0 Å². The van der Waals surface area contributed by atoms with Crippen LogP contribution >= 0.6 is 0 Å². The molecule has 2 aromatic rings. The van der Waals surface area contributed by atoms with Gasteiger partial charge in [-0.3, -0.25) is 0 Å². The molecule has 0 fully saturated rings. The van der Waals surface area contributed by atoms with Crippen LogP contribution in [0, 0.1) is 5.82 Å². The van der Waals surface area contributed by atoms with E-state index < -0.39 is 6.10 Å². The molecule has 0 aliphatic rings. The minimum atomic E-state index is -0.559. The number of nitrogens with zero attached hydrogens (tertiary/aromatic N) is 2. The lowest BCUT2D eigenvalue weighted by Crippen LogP contribution is -2.11. The lowest BCUT2D eigenvalue weighted by molar-refractivity contribution is 0.151. The van der Waals surface area contributed by atoms with Crippen LogP contribution in [0.1, 0.15) is 25.7 Å². The number of hydrogen-bond acceptors (Lipinski definition) is 4. The number of rotatable bonds is 3. The molecule has 0 spiro atoms. The maximum atomic E-state index is 12.7. The Balaban J connectivity index is 2.26. The van der Waals surface area contributed by atoms with Gasteiger partial charge >= 0.3 is 0 Å². The van der Waals surface area contributed by atoms with Crippen molar-refractivity contribution in [1.29, 1.82) is 0 Å². The number of aromatic nitrogens is 2. The van der Waals surface area contributed by atoms with E-state index in [9.17, 15) is 9.50 Å². The molecular formula is C12H13FN2O2. The molecule has 90 valence electrons. The Morgan fingerprint density at radius 3 is 2.47 bits per heavy atom. The van der Waals surface area contributed by atoms with E-state index in [1.807, 2.05) is 0 Å². The van der Waals surface area contributed by atoms with Gasteiger partial charge in [0.1, 0.15) is 5.82 Å². The Kier molecular flexibility index (Phi) is 3.19. The molecule has 1 heterocycles. The van der Waals surface area contributed by atoms with E-state index in [1.54, 1.807) is 26.0 Å². The van der Waals surface area contributed by atoms with E-state index in [0.29, 0.717) is 17.3 Å². The van der Waals surface area contributed by atoms with Gasteiger partial charge in [-0.1, -0.05) is 12.1 Å². The quantitative estimate of drug-likeness (QED) is 0.888. The van der Waals surface area contributed by atoms with E-state index in [0.717, 1.165) is 0 Å². The summed E-state index contributed by atoms with van der Waals surface area (Å²) in [6.45, 7) is 3.46. The number of aliphatic hydroxyl groups excluding tert-OH is 1. The molecule has 0 aliphatic heterocycles. The molecule has 0 bridgehead atoms. The maximum Gasteiger partial charge on any atom is 0.232 e. The topological polar surface area (TPSA) is 59.2 Å². The average Bonchev–Trinajstić information content (AvgIpc) is 2.78. The van der Waals surface area contributed by atoms with Gasteiger partial charge in [0.15, 0.2) is 0 Å². The Bertz CT molecular complexity index is 493. The molecule has 2 unspecified atom stereocenters. The highest BCUT2D eigenvalue weighted by Crippen LogP contribution is 2.21. The lowest BCUT2D eigenvalue weighted by Gasteiger charge is -2.07. The van der Waals surface area contributed by atoms with E-state index in [1.165, 1.54) is 12.1 Å². The number of aliphatic hydroxyl groups is 1. The second kappa shape index (κ2) is 4.63. The zero-order chi connectivity index (χ0) is 12.4. The smallest absolute Gasteiger partial charge is 0.232 e. The van der Waals surface area contributed by atoms with E-state index in [4.69, 9.17) is 4.52 Å². The van der Waals surface area contributed by atoms with Crippen LogP contribution in [0.3, 0.4) is 0 Å². The van der Waals surface area contributed by atoms with Crippen LogP contribution in [0.15, 0.2) is 28.8 Å². The predicted molar refractivity (Wildman–Crippen MR) is 59.8 cm³/mol. The molecule has 5 heteroatoms. The van der Waals surface area contributed by atoms with Crippen molar-refractivity contribution in [2.75, 3.05) is 0 Å². The van der Waals surface area contributed by atoms with Crippen LogP contribution in [0.5, 0.6) is 0 Å². The standard InChI is InChI=1S/C12H13FN2O2/c1-7(8(2)16)12-14-11(15-17-12)9-3-5-10(13)6-4-9/h3-8,16H,1-2H3. The Morgan fingerprint density at radius 1 is 1.24 bits per heavy atom. The van der Waals surface area contributed by atoms with Crippen LogP contribution in [0.25, 0.3) is 11.4 Å². The third-order valence-corrected chi connectivity index (χ3v) is 2.66. The number of halogens is 1. The van der Waals surface area contributed by atoms with Crippen molar-refractivity contribution >= 4 is 0 Å². The summed E-state index contributed by atoms with van der Waals surface area (Å²) >= 11 is 0. The fourth-order valence-electron chi connectivity index (χ4n) is 1.34. The lowest BCUT2D eigenvalue weighted by atomic mass is 10.1. The van der Waals surface area contributed by atoms with Gasteiger partial charge in [-0.15, -0.1) is 0 Å². The van der Waals surface area contributed by atoms with Crippen molar-refractivity contribution in [3.63, 3.8) is 0 Å². The van der Waals surface area contributed by atoms with Crippen LogP contribution in [-0.2, 0) is 0 Å². The van der Waals surface area contributed by atoms with Gasteiger partial charge < -0.3 is 9.63 Å². The second-order valence-electron chi connectivity index (χ2n) is 3.99. The normalized spacial score (nSPS) is 14.6. The van der Waals surface area contributed by atoms with Crippen molar-refractivity contribution in [2.24, 2.45) is 0 Å². The third kappa shape index (κ3) is 2.50. The van der Waals surface area contributed by atoms with Gasteiger partial charge in [-0.05, 0) is 31.2 Å². The summed E-state index contributed by atoms with van der Waals surface area (Å²) in [5.74, 6) is 0.235. The fourth-order valence-corrected chi connectivity index (χ4v) is 1.34. The minimum absolute atomic E-state index is 0.225. The summed E-state index contributed by atoms with van der Waals surface area (Å²) < 4.78 is 17.8. The molecule has 0 radical (unpaired) electrons. The first-order chi connectivity index (χ1) is 8.08. The Hall–Kier alpha value is -1.75. The molecule has 4 nitrogen and oxygen atoms in total. The van der Waals surface area contributed by atoms with E-state index in [-0.39, 0.29) is 11.7 Å². The predicted octanol–water partition coefficient (Wildman–Crippen LogP) is 2.36. The fraction of sp³-hybridized carbons (Fsp3) is 0.333. The zero-order valence-corrected chi connectivity index (χ0v) is 9.59. The highest BCUT2D eigenvalue weighted by atomic mass is 19.1. The van der Waals surface area contributed by atoms with Crippen molar-refractivity contribution < 1.29 is 14.0 Å². The highest BCUT2D eigenvalue weighted by Gasteiger charge is 2.19. The van der Waals surface area contributed by atoms with E-state index in [2.05, 4.69) is 10.1 Å². The van der Waals surface area contributed by atoms with Crippen molar-refractivity contribution in [3.05, 3.63) is 36.0 Å². The van der Waals surface area contributed by atoms with Gasteiger partial charge in [-0.25, -0.2) is 4.39 Å². The van der Waals surface area contributed by atoms with Crippen LogP contribution < -0.4 is 0 Å². The zero-order valence-electron chi connectivity index (χ0n) is 9.59. The van der Waals surface area contributed by atoms with Gasteiger partial charge in [0.25, 0.3) is 0 Å². The van der Waals surface area contributed by atoms with Crippen molar-refractivity contribution in [1.82, 2.24) is 10.1 Å². The summed E-state index contributed by atoms with van der Waals surface area (Å²) in [5, 5.41) is 13.2. The first-order valence-corrected chi connectivity index (χ1v) is 5.35. The number of hydrogen-bond donors (Lipinski definition) is 1. The second-order valence-corrected chi connectivity index (χ2v) is 3.99. The molecule has 0 saturated heterocycles. The van der Waals surface area contributed by atoms with E-state index >= 15 is 0 Å². The van der Waals surface area contributed by atoms with Gasteiger partial charge in [0.2, 0.25) is 11.7 Å². The van der Waals surface area contributed by atoms with Crippen LogP contribution in [0.2, 0.25) is 0 Å². The summed E-state index contributed by atoms with van der Waals surface area (Å²) in [4.78, 5) is 4.17. The Labute approximate surface area is 98.1 Å². The molecule has 2 rings (SSSR count). The van der Waals surface area contributed by atoms with Crippen LogP contribution in [0.4, 0.5) is 4.39 Å². The molecule has 0 saturated carbocycles. The molecular weight excluding hydrogens is 223 g/mol. The summed E-state index contributed by atoms with van der Waals surface area (Å²) in [6.07, 6.45) is -0.559. The first-order valence-electron chi connectivity index (χ1n) is 5.35. The third-order valence-electron chi connectivity index (χ3n) is 2.66. The molecule has 0 amide bonds. The first kappa shape index (κ1) is 11.7. The SMILES string of the molecule is CC(O)C(C)c1nc(-c2ccc(F)cc2)no1. The molecule has 1 N–H and O–H groups in total. The average molecular weight is 236 g/mol. The molecule has 1 aromatic heterocycles. The minimum Gasteiger partial charge on any atom is -0.393 e. The number of benzene rings is 1. The molecule has 1 aromatic carbocycles. The monoisotopic (exact) mass is 236 g/mol. The summed E-state index contributed by atoms with van der Waals surface area (Å²) in [6, 6.07) is 5.83. The van der Waals surface area contributed by atoms with Gasteiger partial charge in [0, 0.05) is 5.56 Å². The van der Waals surface area contributed by atoms with Crippen LogP contribution in [-0.4, -0.2) is 21.4 Å². The maximum absolute atomic E-state index is 12.7. The highest BCUT2D eigenvalue weighted by molar-refractivity contribution is 5.53. The molecule has 2 atom stereocenters. The summed E-state index contributed by atoms with van der Waals surface area (Å²) in [5.41, 5.74) is 0.680. The molecule has 0 aliphatic carbocycles. The summed E-state index contributed by atoms with van der Waals surface area (Å²) in [7, 11) is 0.